The highest BCUT2D eigenvalue weighted by Crippen LogP contribution is 2.39. The van der Waals surface area contributed by atoms with E-state index in [1.807, 2.05) is 18.2 Å². The molecule has 1 aliphatic rings. The van der Waals surface area contributed by atoms with E-state index in [-0.39, 0.29) is 29.1 Å². The molecule has 1 aromatic rings. The molecule has 1 aromatic carbocycles. The standard InChI is InChI=1S/C19H23NO6S/c1-5-15-16(18(21)22)12(2)20(27(4,24)25)13(3)17(15)19(23)26-11-14-9-7-6-8-10-14/h6-10,15H,5,11H2,1-4H3,(H,21,22). The molecule has 27 heavy (non-hydrogen) atoms. The van der Waals surface area contributed by atoms with Gasteiger partial charge < -0.3 is 9.84 Å². The van der Waals surface area contributed by atoms with Gasteiger partial charge in [0.2, 0.25) is 10.0 Å². The molecule has 0 radical (unpaired) electrons. The van der Waals surface area contributed by atoms with E-state index in [0.717, 1.165) is 16.1 Å². The number of hydrogen-bond donors (Lipinski definition) is 1. The summed E-state index contributed by atoms with van der Waals surface area (Å²) in [5, 5.41) is 9.63. The van der Waals surface area contributed by atoms with Gasteiger partial charge in [0, 0.05) is 17.3 Å². The maximum Gasteiger partial charge on any atom is 0.336 e. The maximum atomic E-state index is 12.8. The third-order valence-corrected chi connectivity index (χ3v) is 5.70. The van der Waals surface area contributed by atoms with E-state index in [2.05, 4.69) is 0 Å². The summed E-state index contributed by atoms with van der Waals surface area (Å²) in [6, 6.07) is 9.04. The number of rotatable bonds is 6. The van der Waals surface area contributed by atoms with E-state index in [0.29, 0.717) is 6.42 Å². The van der Waals surface area contributed by atoms with Gasteiger partial charge in [-0.2, -0.15) is 0 Å². The molecule has 1 heterocycles. The maximum absolute atomic E-state index is 12.8. The van der Waals surface area contributed by atoms with Gasteiger partial charge in [-0.15, -0.1) is 0 Å². The number of carbonyl (C=O) groups is 2. The lowest BCUT2D eigenvalue weighted by Crippen LogP contribution is -2.38. The molecule has 7 nitrogen and oxygen atoms in total. The van der Waals surface area contributed by atoms with Gasteiger partial charge in [0.1, 0.15) is 6.61 Å². The lowest BCUT2D eigenvalue weighted by Gasteiger charge is -2.35. The van der Waals surface area contributed by atoms with Gasteiger partial charge in [0.25, 0.3) is 0 Å². The van der Waals surface area contributed by atoms with Crippen molar-refractivity contribution in [2.24, 2.45) is 5.92 Å². The number of allylic oxidation sites excluding steroid dienone is 2. The minimum Gasteiger partial charge on any atom is -0.478 e. The molecule has 1 unspecified atom stereocenters. The predicted molar refractivity (Wildman–Crippen MR) is 99.7 cm³/mol. The van der Waals surface area contributed by atoms with Crippen LogP contribution in [0.3, 0.4) is 0 Å². The number of aliphatic carboxylic acids is 1. The van der Waals surface area contributed by atoms with Crippen LogP contribution in [-0.2, 0) is 31.0 Å². The molecular formula is C19H23NO6S. The Balaban J connectivity index is 2.48. The molecule has 0 aromatic heterocycles. The fraction of sp³-hybridized carbons (Fsp3) is 0.368. The van der Waals surface area contributed by atoms with Crippen LogP contribution in [0, 0.1) is 5.92 Å². The first kappa shape index (κ1) is 20.7. The quantitative estimate of drug-likeness (QED) is 0.746. The second-order valence-electron chi connectivity index (χ2n) is 6.35. The summed E-state index contributed by atoms with van der Waals surface area (Å²) >= 11 is 0. The second-order valence-corrected chi connectivity index (χ2v) is 8.18. The van der Waals surface area contributed by atoms with Crippen LogP contribution in [0.15, 0.2) is 52.9 Å². The molecule has 0 saturated carbocycles. The number of carbonyl (C=O) groups excluding carboxylic acids is 1. The van der Waals surface area contributed by atoms with Crippen molar-refractivity contribution >= 4 is 22.0 Å². The topological polar surface area (TPSA) is 101 Å². The van der Waals surface area contributed by atoms with E-state index in [1.54, 1.807) is 19.1 Å². The van der Waals surface area contributed by atoms with Crippen molar-refractivity contribution in [1.82, 2.24) is 4.31 Å². The molecule has 1 N–H and O–H groups in total. The number of esters is 1. The average Bonchev–Trinajstić information content (AvgIpc) is 2.58. The number of carboxylic acid groups (broad SMARTS) is 1. The van der Waals surface area contributed by atoms with Gasteiger partial charge in [-0.05, 0) is 25.8 Å². The highest BCUT2D eigenvalue weighted by atomic mass is 32.2. The minimum atomic E-state index is -3.81. The fourth-order valence-corrected chi connectivity index (χ4v) is 4.61. The van der Waals surface area contributed by atoms with Crippen LogP contribution in [0.2, 0.25) is 0 Å². The lowest BCUT2D eigenvalue weighted by atomic mass is 9.83. The van der Waals surface area contributed by atoms with Crippen LogP contribution in [0.4, 0.5) is 0 Å². The van der Waals surface area contributed by atoms with E-state index < -0.39 is 27.9 Å². The zero-order valence-corrected chi connectivity index (χ0v) is 16.5. The third-order valence-electron chi connectivity index (χ3n) is 4.49. The molecule has 146 valence electrons. The molecule has 0 fully saturated rings. The molecule has 1 aliphatic heterocycles. The molecular weight excluding hydrogens is 370 g/mol. The van der Waals surface area contributed by atoms with Crippen LogP contribution in [0.1, 0.15) is 32.8 Å². The van der Waals surface area contributed by atoms with E-state index >= 15 is 0 Å². The highest BCUT2D eigenvalue weighted by molar-refractivity contribution is 7.88. The monoisotopic (exact) mass is 393 g/mol. The van der Waals surface area contributed by atoms with Crippen LogP contribution in [-0.4, -0.2) is 36.0 Å². The highest BCUT2D eigenvalue weighted by Gasteiger charge is 2.40. The Morgan fingerprint density at radius 3 is 2.15 bits per heavy atom. The summed E-state index contributed by atoms with van der Waals surface area (Å²) in [6.07, 6.45) is 1.29. The van der Waals surface area contributed by atoms with Crippen molar-refractivity contribution in [3.8, 4) is 0 Å². The summed E-state index contributed by atoms with van der Waals surface area (Å²) < 4.78 is 30.7. The number of nitrogens with zero attached hydrogens (tertiary/aromatic N) is 1. The fourth-order valence-electron chi connectivity index (χ4n) is 3.42. The van der Waals surface area contributed by atoms with Gasteiger partial charge in [-0.25, -0.2) is 22.3 Å². The second kappa shape index (κ2) is 7.96. The van der Waals surface area contributed by atoms with Crippen LogP contribution >= 0.6 is 0 Å². The van der Waals surface area contributed by atoms with Crippen molar-refractivity contribution < 1.29 is 27.9 Å². The Morgan fingerprint density at radius 1 is 1.11 bits per heavy atom. The SMILES string of the molecule is CCC1C(C(=O)O)=C(C)N(S(C)(=O)=O)C(C)=C1C(=O)OCc1ccccc1. The van der Waals surface area contributed by atoms with Crippen LogP contribution in [0.5, 0.6) is 0 Å². The molecule has 0 bridgehead atoms. The summed E-state index contributed by atoms with van der Waals surface area (Å²) in [7, 11) is -3.81. The first-order valence-corrected chi connectivity index (χ1v) is 10.3. The predicted octanol–water partition coefficient (Wildman–Crippen LogP) is 2.66. The van der Waals surface area contributed by atoms with Crippen LogP contribution in [0.25, 0.3) is 0 Å². The lowest BCUT2D eigenvalue weighted by molar-refractivity contribution is -0.141. The number of carboxylic acids is 1. The van der Waals surface area contributed by atoms with Gasteiger partial charge in [-0.1, -0.05) is 37.3 Å². The Kier molecular flexibility index (Phi) is 6.10. The smallest absolute Gasteiger partial charge is 0.336 e. The number of hydrogen-bond acceptors (Lipinski definition) is 5. The molecule has 0 aliphatic carbocycles. The van der Waals surface area contributed by atoms with Crippen molar-refractivity contribution in [3.05, 3.63) is 58.4 Å². The Bertz CT molecular complexity index is 915. The van der Waals surface area contributed by atoms with Crippen molar-refractivity contribution in [2.75, 3.05) is 6.26 Å². The summed E-state index contributed by atoms with van der Waals surface area (Å²) in [5.74, 6) is -2.72. The number of ether oxygens (including phenoxy) is 1. The largest absolute Gasteiger partial charge is 0.478 e. The Hall–Kier alpha value is -2.61. The molecule has 8 heteroatoms. The molecule has 0 amide bonds. The first-order valence-electron chi connectivity index (χ1n) is 8.45. The van der Waals surface area contributed by atoms with Gasteiger partial charge in [-0.3, -0.25) is 0 Å². The summed E-state index contributed by atoms with van der Waals surface area (Å²) in [6.45, 7) is 4.68. The first-order chi connectivity index (χ1) is 12.6. The Labute approximate surface area is 159 Å². The molecule has 2 rings (SSSR count). The summed E-state index contributed by atoms with van der Waals surface area (Å²) in [4.78, 5) is 24.6. The minimum absolute atomic E-state index is 0.0108. The summed E-state index contributed by atoms with van der Waals surface area (Å²) in [5.41, 5.74) is 0.985. The zero-order chi connectivity index (χ0) is 20.4. The number of benzene rings is 1. The van der Waals surface area contributed by atoms with Crippen LogP contribution < -0.4 is 0 Å². The molecule has 1 atom stereocenters. The van der Waals surface area contributed by atoms with Gasteiger partial charge in [0.15, 0.2) is 0 Å². The third kappa shape index (κ3) is 4.21. The number of sulfonamides is 1. The van der Waals surface area contributed by atoms with E-state index in [1.165, 1.54) is 13.8 Å². The molecule has 0 spiro atoms. The van der Waals surface area contributed by atoms with Crippen molar-refractivity contribution in [3.63, 3.8) is 0 Å². The van der Waals surface area contributed by atoms with Gasteiger partial charge >= 0.3 is 11.9 Å². The normalized spacial score (nSPS) is 17.9. The van der Waals surface area contributed by atoms with Gasteiger partial charge in [0.05, 0.1) is 17.4 Å². The van der Waals surface area contributed by atoms with E-state index in [9.17, 15) is 23.1 Å². The van der Waals surface area contributed by atoms with Crippen molar-refractivity contribution in [1.29, 1.82) is 0 Å². The average molecular weight is 393 g/mol. The van der Waals surface area contributed by atoms with Crippen molar-refractivity contribution in [2.45, 2.75) is 33.8 Å². The zero-order valence-electron chi connectivity index (χ0n) is 15.7. The molecule has 0 saturated heterocycles. The Morgan fingerprint density at radius 2 is 1.67 bits per heavy atom. The van der Waals surface area contributed by atoms with E-state index in [4.69, 9.17) is 4.74 Å².